The van der Waals surface area contributed by atoms with Gasteiger partial charge in [0.25, 0.3) is 5.91 Å². The predicted octanol–water partition coefficient (Wildman–Crippen LogP) is 3.40. The summed E-state index contributed by atoms with van der Waals surface area (Å²) in [4.78, 5) is 23.3. The number of hydrogen-bond donors (Lipinski definition) is 0. The summed E-state index contributed by atoms with van der Waals surface area (Å²) < 4.78 is 10.6. The molecular formula is C18H19N3O3S2. The summed E-state index contributed by atoms with van der Waals surface area (Å²) in [6.07, 6.45) is 5.53. The molecule has 136 valence electrons. The molecule has 2 aromatic rings. The summed E-state index contributed by atoms with van der Waals surface area (Å²) in [6, 6.07) is 7.18. The summed E-state index contributed by atoms with van der Waals surface area (Å²) in [7, 11) is 3.17. The van der Waals surface area contributed by atoms with Crippen LogP contribution in [0.15, 0.2) is 40.6 Å². The molecule has 1 aliphatic heterocycles. The van der Waals surface area contributed by atoms with Crippen LogP contribution in [0.4, 0.5) is 0 Å². The molecule has 1 aliphatic rings. The Morgan fingerprint density at radius 3 is 2.92 bits per heavy atom. The first-order chi connectivity index (χ1) is 12.7. The maximum Gasteiger partial charge on any atom is 0.258 e. The molecule has 0 bridgehead atoms. The van der Waals surface area contributed by atoms with Crippen LogP contribution in [-0.4, -0.2) is 53.5 Å². The summed E-state index contributed by atoms with van der Waals surface area (Å²) in [5.41, 5.74) is 1.34. The second kappa shape index (κ2) is 8.46. The largest absolute Gasteiger partial charge is 0.497 e. The predicted molar refractivity (Wildman–Crippen MR) is 105 cm³/mol. The van der Waals surface area contributed by atoms with Crippen molar-refractivity contribution >= 4 is 35.5 Å². The number of carbonyl (C=O) groups excluding carboxylic acids is 1. The zero-order valence-electron chi connectivity index (χ0n) is 14.8. The molecule has 1 aromatic carbocycles. The monoisotopic (exact) mass is 389 g/mol. The lowest BCUT2D eigenvalue weighted by molar-refractivity contribution is 0.0830. The number of benzene rings is 1. The molecule has 0 aliphatic carbocycles. The summed E-state index contributed by atoms with van der Waals surface area (Å²) in [6.45, 7) is 0.651. The Hall–Kier alpha value is -2.19. The maximum atomic E-state index is 12.9. The Labute approximate surface area is 161 Å². The second-order valence-electron chi connectivity index (χ2n) is 5.34. The van der Waals surface area contributed by atoms with E-state index in [1.807, 2.05) is 24.5 Å². The molecule has 26 heavy (non-hydrogen) atoms. The molecule has 0 unspecified atom stereocenters. The first-order valence-electron chi connectivity index (χ1n) is 7.91. The van der Waals surface area contributed by atoms with E-state index in [1.165, 1.54) is 11.8 Å². The Kier molecular flexibility index (Phi) is 6.05. The fraction of sp³-hybridized carbons (Fsp3) is 0.278. The molecule has 1 saturated heterocycles. The van der Waals surface area contributed by atoms with Crippen LogP contribution in [0, 0.1) is 0 Å². The Morgan fingerprint density at radius 2 is 2.19 bits per heavy atom. The molecule has 1 aromatic heterocycles. The van der Waals surface area contributed by atoms with Crippen molar-refractivity contribution in [3.8, 4) is 11.6 Å². The lowest BCUT2D eigenvalue weighted by Crippen LogP contribution is -2.26. The maximum absolute atomic E-state index is 12.9. The van der Waals surface area contributed by atoms with Crippen LogP contribution in [0.5, 0.6) is 11.6 Å². The van der Waals surface area contributed by atoms with E-state index < -0.39 is 0 Å². The molecule has 0 spiro atoms. The third-order valence-electron chi connectivity index (χ3n) is 3.81. The average Bonchev–Trinajstić information content (AvgIpc) is 3.15. The Morgan fingerprint density at radius 1 is 1.35 bits per heavy atom. The second-order valence-corrected chi connectivity index (χ2v) is 7.23. The van der Waals surface area contributed by atoms with E-state index in [0.29, 0.717) is 28.9 Å². The minimum absolute atomic E-state index is 0.0548. The van der Waals surface area contributed by atoms with Crippen molar-refractivity contribution in [1.29, 1.82) is 0 Å². The van der Waals surface area contributed by atoms with Crippen LogP contribution < -0.4 is 9.47 Å². The van der Waals surface area contributed by atoms with Gasteiger partial charge >= 0.3 is 0 Å². The third kappa shape index (κ3) is 3.96. The van der Waals surface area contributed by atoms with Crippen LogP contribution in [0.3, 0.4) is 0 Å². The normalized spacial score (nSPS) is 15.3. The quantitative estimate of drug-likeness (QED) is 0.573. The lowest BCUT2D eigenvalue weighted by atomic mass is 10.2. The Bertz CT molecular complexity index is 842. The van der Waals surface area contributed by atoms with Gasteiger partial charge in [0.05, 0.1) is 24.8 Å². The molecule has 0 radical (unpaired) electrons. The van der Waals surface area contributed by atoms with Gasteiger partial charge in [0.1, 0.15) is 5.75 Å². The van der Waals surface area contributed by atoms with Gasteiger partial charge in [-0.3, -0.25) is 4.79 Å². The zero-order chi connectivity index (χ0) is 18.5. The highest BCUT2D eigenvalue weighted by atomic mass is 32.2. The topological polar surface area (TPSA) is 64.5 Å². The number of thioether (sulfide) groups is 2. The number of ether oxygens (including phenoxy) is 2. The van der Waals surface area contributed by atoms with Crippen molar-refractivity contribution in [2.24, 2.45) is 0 Å². The molecule has 6 nitrogen and oxygen atoms in total. The highest BCUT2D eigenvalue weighted by Crippen LogP contribution is 2.33. The zero-order valence-corrected chi connectivity index (χ0v) is 16.4. The smallest absolute Gasteiger partial charge is 0.258 e. The highest BCUT2D eigenvalue weighted by Gasteiger charge is 2.26. The number of nitrogens with zero attached hydrogens (tertiary/aromatic N) is 3. The molecule has 8 heteroatoms. The van der Waals surface area contributed by atoms with Crippen LogP contribution in [0.25, 0.3) is 6.08 Å². The molecule has 3 rings (SSSR count). The van der Waals surface area contributed by atoms with Gasteiger partial charge in [-0.05, 0) is 30.5 Å². The fourth-order valence-electron chi connectivity index (χ4n) is 2.52. The molecule has 1 fully saturated rings. The van der Waals surface area contributed by atoms with Gasteiger partial charge in [0, 0.05) is 24.1 Å². The van der Waals surface area contributed by atoms with E-state index in [9.17, 15) is 4.79 Å². The summed E-state index contributed by atoms with van der Waals surface area (Å²) in [5, 5.41) is 1.50. The van der Waals surface area contributed by atoms with Gasteiger partial charge in [0.2, 0.25) is 5.88 Å². The molecule has 0 N–H and O–H groups in total. The van der Waals surface area contributed by atoms with Crippen LogP contribution >= 0.6 is 23.5 Å². The van der Waals surface area contributed by atoms with Crippen LogP contribution in [0.2, 0.25) is 0 Å². The lowest BCUT2D eigenvalue weighted by Gasteiger charge is -2.17. The molecule has 0 saturated carbocycles. The van der Waals surface area contributed by atoms with E-state index >= 15 is 0 Å². The van der Waals surface area contributed by atoms with E-state index in [1.54, 1.807) is 49.2 Å². The third-order valence-corrected chi connectivity index (χ3v) is 5.39. The average molecular weight is 390 g/mol. The van der Waals surface area contributed by atoms with Crippen molar-refractivity contribution in [2.45, 2.75) is 5.16 Å². The number of hydrogen-bond acceptors (Lipinski definition) is 7. The highest BCUT2D eigenvalue weighted by molar-refractivity contribution is 8.03. The van der Waals surface area contributed by atoms with E-state index in [4.69, 9.17) is 9.47 Å². The molecule has 1 amide bonds. The van der Waals surface area contributed by atoms with Gasteiger partial charge in [-0.15, -0.1) is 11.8 Å². The van der Waals surface area contributed by atoms with E-state index in [0.717, 1.165) is 16.3 Å². The molecular weight excluding hydrogens is 370 g/mol. The SMILES string of the molecule is COc1cccc(C(=O)N2CCS/C2=C/c2cnc(SC)nc2OC)c1. The van der Waals surface area contributed by atoms with Gasteiger partial charge in [-0.25, -0.2) is 4.98 Å². The van der Waals surface area contributed by atoms with Crippen LogP contribution in [-0.2, 0) is 0 Å². The van der Waals surface area contributed by atoms with E-state index in [-0.39, 0.29) is 5.91 Å². The fourth-order valence-corrected chi connectivity index (χ4v) is 3.87. The van der Waals surface area contributed by atoms with Crippen molar-refractivity contribution in [1.82, 2.24) is 14.9 Å². The number of aromatic nitrogens is 2. The van der Waals surface area contributed by atoms with Crippen molar-refractivity contribution in [2.75, 3.05) is 32.8 Å². The Balaban J connectivity index is 1.90. The summed E-state index contributed by atoms with van der Waals surface area (Å²) >= 11 is 3.08. The number of amides is 1. The first-order valence-corrected chi connectivity index (χ1v) is 10.1. The number of methoxy groups -OCH3 is 2. The van der Waals surface area contributed by atoms with Gasteiger partial charge < -0.3 is 14.4 Å². The number of carbonyl (C=O) groups is 1. The van der Waals surface area contributed by atoms with Crippen molar-refractivity contribution < 1.29 is 14.3 Å². The van der Waals surface area contributed by atoms with Crippen molar-refractivity contribution in [3.63, 3.8) is 0 Å². The molecule has 2 heterocycles. The first kappa shape index (κ1) is 18.6. The van der Waals surface area contributed by atoms with Gasteiger partial charge in [0.15, 0.2) is 5.16 Å². The van der Waals surface area contributed by atoms with Gasteiger partial charge in [-0.1, -0.05) is 17.8 Å². The standard InChI is InChI=1S/C18H19N3O3S2/c1-23-14-6-4-5-12(9-14)17(22)21-7-8-26-15(21)10-13-11-19-18(25-3)20-16(13)24-2/h4-6,9-11H,7-8H2,1-3H3/b15-10+. The van der Waals surface area contributed by atoms with E-state index in [2.05, 4.69) is 9.97 Å². The van der Waals surface area contributed by atoms with Crippen LogP contribution in [0.1, 0.15) is 15.9 Å². The molecule has 0 atom stereocenters. The number of rotatable bonds is 5. The summed E-state index contributed by atoms with van der Waals surface area (Å²) in [5.74, 6) is 1.95. The van der Waals surface area contributed by atoms with Gasteiger partial charge in [-0.2, -0.15) is 4.98 Å². The minimum atomic E-state index is -0.0548. The minimum Gasteiger partial charge on any atom is -0.497 e. The van der Waals surface area contributed by atoms with Crippen molar-refractivity contribution in [3.05, 3.63) is 46.6 Å².